The van der Waals surface area contributed by atoms with Crippen molar-refractivity contribution >= 4 is 13.9 Å². The molecule has 1 aromatic rings. The molecule has 2 heteroatoms. The van der Waals surface area contributed by atoms with E-state index >= 15 is 0 Å². The Labute approximate surface area is 100 Å². The largest absolute Gasteiger partial charge is 0.366 e. The lowest BCUT2D eigenvalue weighted by Gasteiger charge is -2.30. The molecule has 0 aliphatic carbocycles. The second-order valence-corrected chi connectivity index (χ2v) is 6.03. The van der Waals surface area contributed by atoms with E-state index in [-0.39, 0.29) is 0 Å². The summed E-state index contributed by atoms with van der Waals surface area (Å²) in [5, 5.41) is 1.56. The highest BCUT2D eigenvalue weighted by molar-refractivity contribution is 7.65. The molecular weight excluding hydrogens is 213 g/mol. The van der Waals surface area contributed by atoms with Gasteiger partial charge in [0.2, 0.25) is 0 Å². The monoisotopic (exact) mass is 233 g/mol. The van der Waals surface area contributed by atoms with Gasteiger partial charge in [-0.1, -0.05) is 30.3 Å². The topological polar surface area (TPSA) is 3.24 Å². The van der Waals surface area contributed by atoms with Crippen LogP contribution in [0.3, 0.4) is 0 Å². The Morgan fingerprint density at radius 2 is 1.50 bits per heavy atom. The molecule has 86 valence electrons. The second-order valence-electron chi connectivity index (χ2n) is 4.81. The van der Waals surface area contributed by atoms with Crippen molar-refractivity contribution in [3.8, 4) is 0 Å². The molecule has 0 N–H and O–H groups in total. The molecule has 2 rings (SSSR count). The fourth-order valence-electron chi connectivity index (χ4n) is 2.21. The van der Waals surface area contributed by atoms with E-state index in [9.17, 15) is 0 Å². The molecule has 1 heterocycles. The van der Waals surface area contributed by atoms with Crippen molar-refractivity contribution < 1.29 is 0 Å². The quantitative estimate of drug-likeness (QED) is 0.707. The minimum absolute atomic E-state index is 0.601. The molecule has 0 saturated carbocycles. The molecule has 0 amide bonds. The van der Waals surface area contributed by atoms with Crippen molar-refractivity contribution in [2.45, 2.75) is 39.8 Å². The highest BCUT2D eigenvalue weighted by Gasteiger charge is 2.31. The predicted molar refractivity (Wildman–Crippen MR) is 73.8 cm³/mol. The summed E-state index contributed by atoms with van der Waals surface area (Å²) >= 11 is 0. The summed E-state index contributed by atoms with van der Waals surface area (Å²) in [6.45, 7) is 9.10. The first kappa shape index (κ1) is 11.7. The van der Waals surface area contributed by atoms with Gasteiger partial charge in [0.15, 0.2) is 0 Å². The van der Waals surface area contributed by atoms with Crippen molar-refractivity contribution in [2.24, 2.45) is 0 Å². The van der Waals surface area contributed by atoms with Gasteiger partial charge in [-0.3, -0.25) is 0 Å². The van der Waals surface area contributed by atoms with Gasteiger partial charge in [-0.2, -0.15) is 0 Å². The Balaban J connectivity index is 2.22. The zero-order valence-electron chi connectivity index (χ0n) is 10.5. The highest BCUT2D eigenvalue weighted by atomic mass is 31.1. The van der Waals surface area contributed by atoms with Gasteiger partial charge in [-0.25, -0.2) is 0 Å². The number of benzene rings is 1. The fourth-order valence-corrected chi connectivity index (χ4v) is 3.61. The lowest BCUT2D eigenvalue weighted by Crippen LogP contribution is -2.32. The van der Waals surface area contributed by atoms with Crippen LogP contribution in [0.25, 0.3) is 5.31 Å². The van der Waals surface area contributed by atoms with Gasteiger partial charge < -0.3 is 4.90 Å². The average molecular weight is 233 g/mol. The van der Waals surface area contributed by atoms with Crippen molar-refractivity contribution in [2.75, 3.05) is 0 Å². The van der Waals surface area contributed by atoms with Gasteiger partial charge in [-0.15, -0.1) is 0 Å². The fraction of sp³-hybridized carbons (Fsp3) is 0.429. The van der Waals surface area contributed by atoms with E-state index in [1.165, 1.54) is 5.56 Å². The summed E-state index contributed by atoms with van der Waals surface area (Å²) in [7, 11) is 0.918. The molecule has 0 aromatic heterocycles. The maximum atomic E-state index is 2.54. The van der Waals surface area contributed by atoms with Crippen LogP contribution in [-0.4, -0.2) is 17.0 Å². The van der Waals surface area contributed by atoms with Crippen LogP contribution >= 0.6 is 8.58 Å². The Morgan fingerprint density at radius 1 is 0.938 bits per heavy atom. The minimum atomic E-state index is 0.601. The molecular formula is C14H20NP. The Hall–Kier alpha value is -0.810. The van der Waals surface area contributed by atoms with Crippen LogP contribution in [0.2, 0.25) is 0 Å². The highest BCUT2D eigenvalue weighted by Crippen LogP contribution is 2.61. The van der Waals surface area contributed by atoms with Crippen molar-refractivity contribution in [3.63, 3.8) is 0 Å². The molecule has 1 aliphatic rings. The third-order valence-corrected chi connectivity index (χ3v) is 4.12. The van der Waals surface area contributed by atoms with E-state index in [1.54, 1.807) is 10.8 Å². The number of hydrogen-bond donors (Lipinski definition) is 0. The van der Waals surface area contributed by atoms with Crippen molar-refractivity contribution in [1.29, 1.82) is 0 Å². The van der Waals surface area contributed by atoms with Crippen LogP contribution in [0.1, 0.15) is 33.3 Å². The van der Waals surface area contributed by atoms with Gasteiger partial charge in [0.05, 0.1) is 0 Å². The van der Waals surface area contributed by atoms with E-state index in [0.29, 0.717) is 12.1 Å². The number of nitrogens with zero attached hydrogens (tertiary/aromatic N) is 1. The standard InChI is InChI=1S/C14H20NP/c1-10(2)15(11(3)4)14-13(16-14)12-8-6-5-7-9-12/h5-11,16H,1-4H3. The predicted octanol–water partition coefficient (Wildman–Crippen LogP) is 4.12. The third-order valence-electron chi connectivity index (χ3n) is 2.85. The molecule has 1 unspecified atom stereocenters. The summed E-state index contributed by atoms with van der Waals surface area (Å²) in [6, 6.07) is 12.0. The molecule has 1 aromatic carbocycles. The van der Waals surface area contributed by atoms with Crippen LogP contribution in [0.15, 0.2) is 35.8 Å². The molecule has 0 radical (unpaired) electrons. The molecule has 1 nitrogen and oxygen atoms in total. The zero-order chi connectivity index (χ0) is 11.7. The molecule has 0 fully saturated rings. The first-order valence-corrected chi connectivity index (χ1v) is 6.96. The van der Waals surface area contributed by atoms with Crippen LogP contribution in [0.4, 0.5) is 0 Å². The first-order chi connectivity index (χ1) is 7.61. The SMILES string of the molecule is CC(C)N(C1=C(c2ccccc2)P1)C(C)C. The molecule has 0 spiro atoms. The van der Waals surface area contributed by atoms with Crippen LogP contribution in [-0.2, 0) is 0 Å². The Kier molecular flexibility index (Phi) is 3.35. The summed E-state index contributed by atoms with van der Waals surface area (Å²) in [4.78, 5) is 2.54. The lowest BCUT2D eigenvalue weighted by atomic mass is 10.2. The van der Waals surface area contributed by atoms with E-state index in [2.05, 4.69) is 62.9 Å². The second kappa shape index (κ2) is 4.59. The third kappa shape index (κ3) is 2.30. The maximum Gasteiger partial charge on any atom is 0.0474 e. The number of hydrogen-bond acceptors (Lipinski definition) is 1. The normalized spacial score (nSPS) is 16.4. The van der Waals surface area contributed by atoms with Crippen LogP contribution in [0.5, 0.6) is 0 Å². The number of rotatable bonds is 4. The summed E-state index contributed by atoms with van der Waals surface area (Å²) in [5.74, 6) is 0. The molecule has 16 heavy (non-hydrogen) atoms. The summed E-state index contributed by atoms with van der Waals surface area (Å²) in [5.41, 5.74) is 2.97. The van der Waals surface area contributed by atoms with Crippen molar-refractivity contribution in [1.82, 2.24) is 4.90 Å². The van der Waals surface area contributed by atoms with E-state index in [4.69, 9.17) is 0 Å². The Bertz CT molecular complexity index is 384. The van der Waals surface area contributed by atoms with Crippen molar-refractivity contribution in [3.05, 3.63) is 41.3 Å². The molecule has 1 aliphatic heterocycles. The minimum Gasteiger partial charge on any atom is -0.366 e. The zero-order valence-corrected chi connectivity index (χ0v) is 11.5. The van der Waals surface area contributed by atoms with Gasteiger partial charge in [-0.05, 0) is 41.8 Å². The molecule has 0 saturated heterocycles. The first-order valence-electron chi connectivity index (χ1n) is 5.96. The molecule has 0 bridgehead atoms. The van der Waals surface area contributed by atoms with E-state index < -0.39 is 0 Å². The van der Waals surface area contributed by atoms with Crippen LogP contribution < -0.4 is 0 Å². The van der Waals surface area contributed by atoms with Gasteiger partial charge >= 0.3 is 0 Å². The average Bonchev–Trinajstić information content (AvgIpc) is 2.98. The van der Waals surface area contributed by atoms with Gasteiger partial charge in [0.25, 0.3) is 0 Å². The smallest absolute Gasteiger partial charge is 0.0474 e. The Morgan fingerprint density at radius 3 is 2.00 bits per heavy atom. The maximum absolute atomic E-state index is 2.54. The lowest BCUT2D eigenvalue weighted by molar-refractivity contribution is 0.253. The summed E-state index contributed by atoms with van der Waals surface area (Å²) < 4.78 is 0. The van der Waals surface area contributed by atoms with Crippen LogP contribution in [0, 0.1) is 0 Å². The van der Waals surface area contributed by atoms with E-state index in [1.807, 2.05) is 0 Å². The van der Waals surface area contributed by atoms with E-state index in [0.717, 1.165) is 8.58 Å². The molecule has 1 atom stereocenters. The van der Waals surface area contributed by atoms with Gasteiger partial charge in [0, 0.05) is 22.8 Å². The summed E-state index contributed by atoms with van der Waals surface area (Å²) in [6.07, 6.45) is 0. The van der Waals surface area contributed by atoms with Gasteiger partial charge in [0.1, 0.15) is 0 Å².